The van der Waals surface area contributed by atoms with Gasteiger partial charge < -0.3 is 19.6 Å². The van der Waals surface area contributed by atoms with E-state index in [9.17, 15) is 22.8 Å². The molecule has 1 heterocycles. The number of carbonyl (C=O) groups is 2. The largest absolute Gasteiger partial charge is 0.479 e. The van der Waals surface area contributed by atoms with Gasteiger partial charge in [-0.1, -0.05) is 0 Å². The van der Waals surface area contributed by atoms with Crippen LogP contribution in [0.4, 0.5) is 18.0 Å². The van der Waals surface area contributed by atoms with Gasteiger partial charge in [0.15, 0.2) is 6.10 Å². The molecule has 0 aromatic rings. The third-order valence-corrected chi connectivity index (χ3v) is 2.36. The fourth-order valence-corrected chi connectivity index (χ4v) is 1.55. The van der Waals surface area contributed by atoms with Crippen molar-refractivity contribution in [3.63, 3.8) is 0 Å². The van der Waals surface area contributed by atoms with E-state index in [1.807, 2.05) is 0 Å². The van der Waals surface area contributed by atoms with Crippen LogP contribution in [-0.4, -0.2) is 72.5 Å². The SMILES string of the molecule is CN(CC(F)(F)F)C(=O)N1CCOC(C(=O)O)C1. The van der Waals surface area contributed by atoms with Gasteiger partial charge in [0, 0.05) is 13.6 Å². The second-order valence-electron chi connectivity index (χ2n) is 3.90. The Kier molecular flexibility index (Phi) is 4.38. The van der Waals surface area contributed by atoms with Crippen LogP contribution in [0.1, 0.15) is 0 Å². The van der Waals surface area contributed by atoms with Crippen LogP contribution in [0.3, 0.4) is 0 Å². The summed E-state index contributed by atoms with van der Waals surface area (Å²) in [6.07, 6.45) is -5.68. The van der Waals surface area contributed by atoms with E-state index in [0.29, 0.717) is 4.90 Å². The molecule has 9 heteroatoms. The molecule has 0 spiro atoms. The second-order valence-corrected chi connectivity index (χ2v) is 3.90. The number of morpholine rings is 1. The maximum atomic E-state index is 12.1. The molecule has 0 radical (unpaired) electrons. The summed E-state index contributed by atoms with van der Waals surface area (Å²) in [4.78, 5) is 23.9. The molecule has 18 heavy (non-hydrogen) atoms. The Labute approximate surface area is 101 Å². The lowest BCUT2D eigenvalue weighted by molar-refractivity contribution is -0.156. The van der Waals surface area contributed by atoms with Gasteiger partial charge in [0.05, 0.1) is 13.2 Å². The number of amides is 2. The highest BCUT2D eigenvalue weighted by atomic mass is 19.4. The number of hydrogen-bond acceptors (Lipinski definition) is 3. The van der Waals surface area contributed by atoms with Crippen LogP contribution < -0.4 is 0 Å². The molecule has 104 valence electrons. The number of carboxylic acids is 1. The number of rotatable bonds is 2. The molecule has 1 unspecified atom stereocenters. The number of hydrogen-bond donors (Lipinski definition) is 1. The highest BCUT2D eigenvalue weighted by Crippen LogP contribution is 2.17. The van der Waals surface area contributed by atoms with Crippen molar-refractivity contribution >= 4 is 12.0 Å². The molecule has 0 aromatic carbocycles. The van der Waals surface area contributed by atoms with Gasteiger partial charge in [0.25, 0.3) is 0 Å². The Bertz CT molecular complexity index is 334. The first-order valence-electron chi connectivity index (χ1n) is 5.12. The lowest BCUT2D eigenvalue weighted by atomic mass is 10.3. The number of nitrogens with zero attached hydrogens (tertiary/aromatic N) is 2. The molecule has 1 atom stereocenters. The summed E-state index contributed by atoms with van der Waals surface area (Å²) in [7, 11) is 1.01. The van der Waals surface area contributed by atoms with Crippen molar-refractivity contribution in [2.45, 2.75) is 12.3 Å². The summed E-state index contributed by atoms with van der Waals surface area (Å²) in [6, 6.07) is -0.859. The molecule has 1 N–H and O–H groups in total. The van der Waals surface area contributed by atoms with Gasteiger partial charge in [0.2, 0.25) is 0 Å². The van der Waals surface area contributed by atoms with E-state index in [0.717, 1.165) is 11.9 Å². The molecule has 0 aromatic heterocycles. The Morgan fingerprint density at radius 2 is 2.11 bits per heavy atom. The summed E-state index contributed by atoms with van der Waals surface area (Å²) in [5.74, 6) is -1.24. The topological polar surface area (TPSA) is 70.1 Å². The first-order chi connectivity index (χ1) is 8.20. The molecule has 1 saturated heterocycles. The van der Waals surface area contributed by atoms with Crippen LogP contribution in [0.15, 0.2) is 0 Å². The van der Waals surface area contributed by atoms with Gasteiger partial charge in [-0.3, -0.25) is 0 Å². The molecule has 0 aliphatic carbocycles. The number of carboxylic acid groups (broad SMARTS) is 1. The van der Waals surface area contributed by atoms with E-state index in [2.05, 4.69) is 0 Å². The lowest BCUT2D eigenvalue weighted by Gasteiger charge is -2.33. The fraction of sp³-hybridized carbons (Fsp3) is 0.778. The smallest absolute Gasteiger partial charge is 0.406 e. The normalized spacial score (nSPS) is 20.7. The first kappa shape index (κ1) is 14.6. The molecular weight excluding hydrogens is 257 g/mol. The number of alkyl halides is 3. The predicted molar refractivity (Wildman–Crippen MR) is 53.0 cm³/mol. The van der Waals surface area contributed by atoms with Gasteiger partial charge >= 0.3 is 18.2 Å². The van der Waals surface area contributed by atoms with E-state index in [1.54, 1.807) is 0 Å². The van der Waals surface area contributed by atoms with Crippen molar-refractivity contribution in [3.8, 4) is 0 Å². The maximum absolute atomic E-state index is 12.1. The first-order valence-corrected chi connectivity index (χ1v) is 5.12. The minimum Gasteiger partial charge on any atom is -0.479 e. The van der Waals surface area contributed by atoms with Crippen molar-refractivity contribution in [1.82, 2.24) is 9.80 Å². The molecule has 1 aliphatic rings. The van der Waals surface area contributed by atoms with Gasteiger partial charge in [0.1, 0.15) is 6.54 Å². The maximum Gasteiger partial charge on any atom is 0.406 e. The van der Waals surface area contributed by atoms with E-state index in [1.165, 1.54) is 0 Å². The van der Waals surface area contributed by atoms with Crippen LogP contribution in [-0.2, 0) is 9.53 Å². The van der Waals surface area contributed by atoms with E-state index in [-0.39, 0.29) is 19.7 Å². The fourth-order valence-electron chi connectivity index (χ4n) is 1.55. The van der Waals surface area contributed by atoms with Crippen LogP contribution in [0.2, 0.25) is 0 Å². The zero-order valence-corrected chi connectivity index (χ0v) is 9.61. The van der Waals surface area contributed by atoms with Crippen molar-refractivity contribution in [2.24, 2.45) is 0 Å². The molecule has 1 fully saturated rings. The number of urea groups is 1. The Balaban J connectivity index is 2.58. The minimum absolute atomic E-state index is 0.0113. The van der Waals surface area contributed by atoms with E-state index >= 15 is 0 Å². The van der Waals surface area contributed by atoms with E-state index < -0.39 is 30.8 Å². The molecule has 6 nitrogen and oxygen atoms in total. The average Bonchev–Trinajstić information content (AvgIpc) is 2.26. The molecule has 0 bridgehead atoms. The van der Waals surface area contributed by atoms with E-state index in [4.69, 9.17) is 9.84 Å². The Morgan fingerprint density at radius 1 is 1.50 bits per heavy atom. The highest BCUT2D eigenvalue weighted by molar-refractivity contribution is 5.77. The van der Waals surface area contributed by atoms with Crippen LogP contribution >= 0.6 is 0 Å². The molecule has 0 saturated carbocycles. The van der Waals surface area contributed by atoms with Crippen molar-refractivity contribution in [1.29, 1.82) is 0 Å². The molecule has 1 rings (SSSR count). The third kappa shape index (κ3) is 4.06. The predicted octanol–water partition coefficient (Wildman–Crippen LogP) is 0.386. The summed E-state index contributed by atoms with van der Waals surface area (Å²) in [5.41, 5.74) is 0. The monoisotopic (exact) mass is 270 g/mol. The number of halogens is 3. The zero-order chi connectivity index (χ0) is 13.9. The lowest BCUT2D eigenvalue weighted by Crippen LogP contribution is -2.53. The summed E-state index contributed by atoms with van der Waals surface area (Å²) >= 11 is 0. The van der Waals surface area contributed by atoms with Crippen molar-refractivity contribution < 1.29 is 32.6 Å². The van der Waals surface area contributed by atoms with Crippen LogP contribution in [0.5, 0.6) is 0 Å². The molecule has 2 amide bonds. The summed E-state index contributed by atoms with van der Waals surface area (Å²) in [6.45, 7) is -1.56. The number of ether oxygens (including phenoxy) is 1. The number of aliphatic carboxylic acids is 1. The van der Waals surface area contributed by atoms with Gasteiger partial charge in [-0.2, -0.15) is 13.2 Å². The van der Waals surface area contributed by atoms with Gasteiger partial charge in [-0.05, 0) is 0 Å². The average molecular weight is 270 g/mol. The number of carbonyl (C=O) groups excluding carboxylic acids is 1. The standard InChI is InChI=1S/C9H13F3N2O4/c1-13(5-9(10,11)12)8(17)14-2-3-18-6(4-14)7(15)16/h6H,2-5H2,1H3,(H,15,16). The summed E-state index contributed by atoms with van der Waals surface area (Å²) in [5, 5.41) is 8.71. The van der Waals surface area contributed by atoms with Gasteiger partial charge in [-0.15, -0.1) is 0 Å². The Morgan fingerprint density at radius 3 is 2.61 bits per heavy atom. The minimum atomic E-state index is -4.48. The second kappa shape index (κ2) is 5.42. The van der Waals surface area contributed by atoms with Crippen LogP contribution in [0, 0.1) is 0 Å². The van der Waals surface area contributed by atoms with Crippen LogP contribution in [0.25, 0.3) is 0 Å². The molecular formula is C9H13F3N2O4. The van der Waals surface area contributed by atoms with Gasteiger partial charge in [-0.25, -0.2) is 9.59 Å². The zero-order valence-electron chi connectivity index (χ0n) is 9.61. The van der Waals surface area contributed by atoms with Crippen molar-refractivity contribution in [3.05, 3.63) is 0 Å². The quantitative estimate of drug-likeness (QED) is 0.787. The summed E-state index contributed by atoms with van der Waals surface area (Å²) < 4.78 is 41.2. The third-order valence-electron chi connectivity index (χ3n) is 2.36. The molecule has 1 aliphatic heterocycles. The highest BCUT2D eigenvalue weighted by Gasteiger charge is 2.35. The van der Waals surface area contributed by atoms with Crippen molar-refractivity contribution in [2.75, 3.05) is 33.3 Å². The Hall–Kier alpha value is -1.51.